The highest BCUT2D eigenvalue weighted by atomic mass is 32.2. The summed E-state index contributed by atoms with van der Waals surface area (Å²) in [6.45, 7) is 4.61. The van der Waals surface area contributed by atoms with E-state index in [2.05, 4.69) is 25.6 Å². The van der Waals surface area contributed by atoms with E-state index in [1.807, 2.05) is 23.9 Å². The second kappa shape index (κ2) is 12.9. The van der Waals surface area contributed by atoms with Crippen molar-refractivity contribution in [2.75, 3.05) is 6.61 Å². The van der Waals surface area contributed by atoms with E-state index in [-0.39, 0.29) is 28.1 Å². The Morgan fingerprint density at radius 3 is 1.72 bits per heavy atom. The molecule has 2 N–H and O–H groups in total. The number of aliphatic hydroxyl groups is 2. The van der Waals surface area contributed by atoms with Crippen LogP contribution in [0.1, 0.15) is 33.1 Å². The van der Waals surface area contributed by atoms with Crippen molar-refractivity contribution >= 4 is 47.0 Å². The van der Waals surface area contributed by atoms with Crippen LogP contribution in [0.25, 0.3) is 0 Å². The monoisotopic (exact) mass is 516 g/mol. The summed E-state index contributed by atoms with van der Waals surface area (Å²) in [5.41, 5.74) is 0. The van der Waals surface area contributed by atoms with E-state index < -0.39 is 6.10 Å². The minimum absolute atomic E-state index is 0.00626. The van der Waals surface area contributed by atoms with Gasteiger partial charge in [-0.3, -0.25) is 0 Å². The molecule has 2 aromatic carbocycles. The largest absolute Gasteiger partial charge is 0.395 e. The highest BCUT2D eigenvalue weighted by Crippen LogP contribution is 2.47. The summed E-state index contributed by atoms with van der Waals surface area (Å²) in [6, 6.07) is 13.2. The number of hydrogen-bond acceptors (Lipinski definition) is 6. The molecule has 176 valence electrons. The molecular formula is C24H30F2O2S4. The van der Waals surface area contributed by atoms with E-state index in [1.54, 1.807) is 47.8 Å². The third kappa shape index (κ3) is 7.84. The molecule has 0 aliphatic carbocycles. The van der Waals surface area contributed by atoms with Crippen molar-refractivity contribution in [2.24, 2.45) is 5.92 Å². The lowest BCUT2D eigenvalue weighted by atomic mass is 10.0. The van der Waals surface area contributed by atoms with Crippen LogP contribution in [0.4, 0.5) is 8.78 Å². The van der Waals surface area contributed by atoms with Gasteiger partial charge in [-0.2, -0.15) is 0 Å². The van der Waals surface area contributed by atoms with Crippen molar-refractivity contribution in [3.8, 4) is 0 Å². The first kappa shape index (κ1) is 26.2. The Kier molecular flexibility index (Phi) is 10.6. The van der Waals surface area contributed by atoms with Gasteiger partial charge in [-0.05, 0) is 73.7 Å². The summed E-state index contributed by atoms with van der Waals surface area (Å²) in [7, 11) is 0. The average Bonchev–Trinajstić information content (AvgIpc) is 3.32. The van der Waals surface area contributed by atoms with Gasteiger partial charge in [0.2, 0.25) is 0 Å². The van der Waals surface area contributed by atoms with Gasteiger partial charge in [-0.25, -0.2) is 8.78 Å². The fourth-order valence-electron chi connectivity index (χ4n) is 3.68. The number of hydrogen-bond donors (Lipinski definition) is 2. The zero-order valence-electron chi connectivity index (χ0n) is 18.2. The first-order valence-corrected chi connectivity index (χ1v) is 14.5. The van der Waals surface area contributed by atoms with Gasteiger partial charge in [-0.15, -0.1) is 47.0 Å². The molecule has 8 heteroatoms. The SMILES string of the molecule is CC[C@H]1SC(Sc2ccc(F)cc2)C[C@@H]1C.OC[C@H]1SC(Sc2ccc(F)cc2)C[C@@H]1O. The first-order valence-electron chi connectivity index (χ1n) is 10.8. The van der Waals surface area contributed by atoms with E-state index in [1.165, 1.54) is 29.9 Å². The maximum absolute atomic E-state index is 12.8. The second-order valence-electron chi connectivity index (χ2n) is 7.96. The molecule has 2 fully saturated rings. The van der Waals surface area contributed by atoms with E-state index >= 15 is 0 Å². The van der Waals surface area contributed by atoms with E-state index in [0.29, 0.717) is 11.0 Å². The lowest BCUT2D eigenvalue weighted by Gasteiger charge is -2.10. The average molecular weight is 517 g/mol. The fraction of sp³-hybridized carbons (Fsp3) is 0.500. The van der Waals surface area contributed by atoms with Crippen LogP contribution in [0, 0.1) is 17.6 Å². The molecule has 0 bridgehead atoms. The fourth-order valence-corrected chi connectivity index (χ4v) is 9.98. The standard InChI is InChI=1S/C13H17FS2.C11H13FO2S2/c1-3-12-9(2)8-13(16-12)15-11-6-4-10(14)5-7-11;12-7-1-3-8(4-2-7)15-11-5-9(14)10(6-13)16-11/h4-7,9,12-13H,3,8H2,1-2H3;1-4,9-11,13-14H,5-6H2/t9-,12+,13?;9-,10+,11?/m00/s1. The van der Waals surface area contributed by atoms with E-state index in [9.17, 15) is 13.9 Å². The molecule has 2 nitrogen and oxygen atoms in total. The van der Waals surface area contributed by atoms with Crippen LogP contribution in [0.15, 0.2) is 58.3 Å². The molecule has 0 aromatic heterocycles. The third-order valence-corrected chi connectivity index (χ3v) is 11.7. The molecule has 2 aromatic rings. The molecule has 32 heavy (non-hydrogen) atoms. The Balaban J connectivity index is 0.000000181. The van der Waals surface area contributed by atoms with Crippen LogP contribution in [-0.2, 0) is 0 Å². The summed E-state index contributed by atoms with van der Waals surface area (Å²) in [5, 5.41) is 19.4. The summed E-state index contributed by atoms with van der Waals surface area (Å²) in [5.74, 6) is 0.424. The lowest BCUT2D eigenvalue weighted by Crippen LogP contribution is -2.20. The van der Waals surface area contributed by atoms with Crippen molar-refractivity contribution in [2.45, 2.75) is 68.7 Å². The molecule has 2 aliphatic rings. The number of rotatable bonds is 6. The van der Waals surface area contributed by atoms with Crippen molar-refractivity contribution in [3.63, 3.8) is 0 Å². The molecule has 6 atom stereocenters. The van der Waals surface area contributed by atoms with Crippen molar-refractivity contribution in [1.29, 1.82) is 0 Å². The van der Waals surface area contributed by atoms with Crippen molar-refractivity contribution < 1.29 is 19.0 Å². The molecule has 0 spiro atoms. The van der Waals surface area contributed by atoms with Crippen molar-refractivity contribution in [1.82, 2.24) is 0 Å². The molecule has 2 aliphatic heterocycles. The minimum Gasteiger partial charge on any atom is -0.395 e. The van der Waals surface area contributed by atoms with Crippen LogP contribution in [-0.4, -0.2) is 42.6 Å². The number of aliphatic hydroxyl groups excluding tert-OH is 2. The molecule has 0 radical (unpaired) electrons. The van der Waals surface area contributed by atoms with Gasteiger partial charge in [0.15, 0.2) is 0 Å². The van der Waals surface area contributed by atoms with Gasteiger partial charge in [0, 0.05) is 15.0 Å². The summed E-state index contributed by atoms with van der Waals surface area (Å²) in [4.78, 5) is 2.17. The Bertz CT molecular complexity index is 752. The van der Waals surface area contributed by atoms with Crippen LogP contribution in [0.5, 0.6) is 0 Å². The summed E-state index contributed by atoms with van der Waals surface area (Å²) in [6.07, 6.45) is 2.75. The topological polar surface area (TPSA) is 40.5 Å². The molecular weight excluding hydrogens is 487 g/mol. The van der Waals surface area contributed by atoms with Gasteiger partial charge in [0.25, 0.3) is 0 Å². The van der Waals surface area contributed by atoms with Gasteiger partial charge in [-0.1, -0.05) is 13.8 Å². The van der Waals surface area contributed by atoms with Gasteiger partial charge >= 0.3 is 0 Å². The smallest absolute Gasteiger partial charge is 0.123 e. The lowest BCUT2D eigenvalue weighted by molar-refractivity contribution is 0.144. The molecule has 2 saturated heterocycles. The number of benzene rings is 2. The van der Waals surface area contributed by atoms with Crippen LogP contribution in [0.3, 0.4) is 0 Å². The predicted molar refractivity (Wildman–Crippen MR) is 137 cm³/mol. The van der Waals surface area contributed by atoms with Gasteiger partial charge in [0.1, 0.15) is 11.6 Å². The Labute approximate surface area is 206 Å². The maximum atomic E-state index is 12.8. The molecule has 2 heterocycles. The number of thioether (sulfide) groups is 4. The van der Waals surface area contributed by atoms with E-state index in [4.69, 9.17) is 5.11 Å². The van der Waals surface area contributed by atoms with Gasteiger partial charge < -0.3 is 10.2 Å². The zero-order chi connectivity index (χ0) is 23.1. The highest BCUT2D eigenvalue weighted by molar-refractivity contribution is 8.18. The minimum atomic E-state index is -0.437. The molecule has 0 saturated carbocycles. The maximum Gasteiger partial charge on any atom is 0.123 e. The summed E-state index contributed by atoms with van der Waals surface area (Å²) >= 11 is 7.16. The quantitative estimate of drug-likeness (QED) is 0.435. The van der Waals surface area contributed by atoms with Crippen molar-refractivity contribution in [3.05, 3.63) is 60.2 Å². The number of halogens is 2. The molecule has 0 amide bonds. The van der Waals surface area contributed by atoms with Crippen LogP contribution < -0.4 is 0 Å². The van der Waals surface area contributed by atoms with E-state index in [0.717, 1.165) is 16.1 Å². The highest BCUT2D eigenvalue weighted by Gasteiger charge is 2.33. The molecule has 2 unspecified atom stereocenters. The first-order chi connectivity index (χ1) is 15.4. The molecule has 4 rings (SSSR count). The van der Waals surface area contributed by atoms with Gasteiger partial charge in [0.05, 0.1) is 27.1 Å². The van der Waals surface area contributed by atoms with Crippen LogP contribution >= 0.6 is 47.0 Å². The Hall–Kier alpha value is -0.380. The Morgan fingerprint density at radius 1 is 0.844 bits per heavy atom. The second-order valence-corrected chi connectivity index (χ2v) is 14.0. The zero-order valence-corrected chi connectivity index (χ0v) is 21.5. The summed E-state index contributed by atoms with van der Waals surface area (Å²) < 4.78 is 26.3. The van der Waals surface area contributed by atoms with Crippen LogP contribution in [0.2, 0.25) is 0 Å². The Morgan fingerprint density at radius 2 is 1.31 bits per heavy atom. The predicted octanol–water partition coefficient (Wildman–Crippen LogP) is 6.90. The normalized spacial score (nSPS) is 29.6. The third-order valence-electron chi connectivity index (χ3n) is 5.46.